The Kier molecular flexibility index (Phi) is 6.25. The van der Waals surface area contributed by atoms with Crippen LogP contribution in [0.1, 0.15) is 12.0 Å². The lowest BCUT2D eigenvalue weighted by molar-refractivity contribution is -0.497. The Balaban J connectivity index is 2.69. The highest BCUT2D eigenvalue weighted by Gasteiger charge is 2.02. The molecule has 0 aliphatic rings. The normalized spacial score (nSPS) is 10.4. The number of hydrogen-bond acceptors (Lipinski definition) is 4. The molecule has 1 aromatic carbocycles. The first-order chi connectivity index (χ1) is 7.80. The van der Waals surface area contributed by atoms with Crippen molar-refractivity contribution >= 4 is 17.4 Å². The topological polar surface area (TPSA) is 69.1 Å². The quantitative estimate of drug-likeness (QED) is 0.426. The summed E-state index contributed by atoms with van der Waals surface area (Å²) in [5.41, 5.74) is 2.53. The lowest BCUT2D eigenvalue weighted by Crippen LogP contribution is -2.70. The van der Waals surface area contributed by atoms with Crippen LogP contribution in [0.5, 0.6) is 5.75 Å². The van der Waals surface area contributed by atoms with Crippen LogP contribution in [-0.4, -0.2) is 24.6 Å². The zero-order valence-corrected chi connectivity index (χ0v) is 10.1. The van der Waals surface area contributed by atoms with Crippen molar-refractivity contribution in [3.8, 4) is 5.75 Å². The van der Waals surface area contributed by atoms with Crippen LogP contribution in [0.3, 0.4) is 0 Å². The maximum Gasteiger partial charge on any atom is 0.133 e. The van der Waals surface area contributed by atoms with Crippen LogP contribution in [0.15, 0.2) is 18.2 Å². The maximum absolute atomic E-state index is 10.7. The molecule has 0 aliphatic heterocycles. The molecule has 0 radical (unpaired) electrons. The number of aliphatic hydroxyl groups is 1. The van der Waals surface area contributed by atoms with Crippen molar-refractivity contribution in [2.24, 2.45) is 0 Å². The highest BCUT2D eigenvalue weighted by atomic mass is 32.2. The van der Waals surface area contributed by atoms with E-state index in [4.69, 9.17) is 9.84 Å². The number of nitrogens with two attached hydrogens (primary N) is 1. The van der Waals surface area contributed by atoms with Crippen molar-refractivity contribution < 1.29 is 15.3 Å². The second-order valence-electron chi connectivity index (χ2n) is 3.39. The number of quaternary nitrogens is 1. The summed E-state index contributed by atoms with van der Waals surface area (Å²) in [5, 5.41) is 19.4. The lowest BCUT2D eigenvalue weighted by atomic mass is 10.2. The first-order valence-corrected chi connectivity index (χ1v) is 6.51. The predicted octanol–water partition coefficient (Wildman–Crippen LogP) is 1.00. The molecular weight excluding hydrogens is 226 g/mol. The third-order valence-electron chi connectivity index (χ3n) is 2.01. The van der Waals surface area contributed by atoms with E-state index in [1.807, 2.05) is 18.4 Å². The van der Waals surface area contributed by atoms with Crippen molar-refractivity contribution in [3.63, 3.8) is 0 Å². The maximum atomic E-state index is 10.7. The average molecular weight is 243 g/mol. The van der Waals surface area contributed by atoms with E-state index >= 15 is 0 Å². The van der Waals surface area contributed by atoms with Gasteiger partial charge in [-0.3, -0.25) is 0 Å². The third-order valence-corrected chi connectivity index (χ3v) is 2.63. The van der Waals surface area contributed by atoms with E-state index in [0.29, 0.717) is 24.5 Å². The number of thioether (sulfide) groups is 1. The molecule has 0 heterocycles. The van der Waals surface area contributed by atoms with Crippen LogP contribution < -0.4 is 10.2 Å². The minimum Gasteiger partial charge on any atom is -0.630 e. The van der Waals surface area contributed by atoms with Gasteiger partial charge in [-0.1, -0.05) is 0 Å². The van der Waals surface area contributed by atoms with Gasteiger partial charge in [0.2, 0.25) is 0 Å². The van der Waals surface area contributed by atoms with Crippen LogP contribution in [0.25, 0.3) is 0 Å². The Morgan fingerprint density at radius 3 is 2.88 bits per heavy atom. The molecule has 4 nitrogen and oxygen atoms in total. The van der Waals surface area contributed by atoms with Gasteiger partial charge in [0.1, 0.15) is 11.4 Å². The second-order valence-corrected chi connectivity index (χ2v) is 4.25. The van der Waals surface area contributed by atoms with E-state index in [0.717, 1.165) is 16.8 Å². The molecule has 0 fully saturated rings. The minimum atomic E-state index is 0.116. The Hall–Kier alpha value is -0.750. The molecule has 0 unspecified atom stereocenters. The van der Waals surface area contributed by atoms with E-state index < -0.39 is 0 Å². The van der Waals surface area contributed by atoms with E-state index in [-0.39, 0.29) is 6.61 Å². The fourth-order valence-electron chi connectivity index (χ4n) is 1.34. The van der Waals surface area contributed by atoms with Crippen LogP contribution in [0.2, 0.25) is 0 Å². The van der Waals surface area contributed by atoms with Gasteiger partial charge in [0, 0.05) is 30.9 Å². The zero-order chi connectivity index (χ0) is 11.8. The smallest absolute Gasteiger partial charge is 0.133 e. The molecule has 3 N–H and O–H groups in total. The van der Waals surface area contributed by atoms with E-state index in [1.54, 1.807) is 17.8 Å². The third kappa shape index (κ3) is 4.40. The minimum absolute atomic E-state index is 0.116. The molecule has 5 heteroatoms. The van der Waals surface area contributed by atoms with Gasteiger partial charge in [0.05, 0.1) is 6.61 Å². The van der Waals surface area contributed by atoms with Gasteiger partial charge in [0.25, 0.3) is 0 Å². The number of benzene rings is 1. The molecule has 0 atom stereocenters. The molecule has 0 amide bonds. The van der Waals surface area contributed by atoms with E-state index in [1.165, 1.54) is 0 Å². The highest BCUT2D eigenvalue weighted by molar-refractivity contribution is 7.97. The van der Waals surface area contributed by atoms with Crippen molar-refractivity contribution in [3.05, 3.63) is 29.0 Å². The van der Waals surface area contributed by atoms with Gasteiger partial charge < -0.3 is 20.5 Å². The summed E-state index contributed by atoms with van der Waals surface area (Å²) in [7, 11) is 0. The zero-order valence-electron chi connectivity index (χ0n) is 9.31. The molecule has 0 spiro atoms. The van der Waals surface area contributed by atoms with Crippen LogP contribution in [0.4, 0.5) is 5.69 Å². The highest BCUT2D eigenvalue weighted by Crippen LogP contribution is 2.21. The van der Waals surface area contributed by atoms with Gasteiger partial charge in [-0.25, -0.2) is 0 Å². The fourth-order valence-corrected chi connectivity index (χ4v) is 1.84. The molecule has 1 aromatic rings. The average Bonchev–Trinajstić information content (AvgIpc) is 2.29. The molecule has 16 heavy (non-hydrogen) atoms. The summed E-state index contributed by atoms with van der Waals surface area (Å²) >= 11 is 1.70. The Morgan fingerprint density at radius 2 is 2.25 bits per heavy atom. The first kappa shape index (κ1) is 13.3. The van der Waals surface area contributed by atoms with Gasteiger partial charge in [-0.15, -0.1) is 0 Å². The van der Waals surface area contributed by atoms with Crippen LogP contribution in [0, 0.1) is 5.21 Å². The van der Waals surface area contributed by atoms with Crippen LogP contribution >= 0.6 is 11.8 Å². The fraction of sp³-hybridized carbons (Fsp3) is 0.455. The van der Waals surface area contributed by atoms with E-state index in [2.05, 4.69) is 0 Å². The second kappa shape index (κ2) is 7.51. The molecule has 0 aliphatic carbocycles. The summed E-state index contributed by atoms with van der Waals surface area (Å²) in [4.78, 5) is 0. The standard InChI is InChI=1S/C11H17NO3S/c1-16-8-9-5-10(12-14)7-11(6-9)15-4-2-3-13/h5-7,13H,2-4,8,12H2,1H3. The number of ether oxygens (including phenoxy) is 1. The van der Waals surface area contributed by atoms with Crippen molar-refractivity contribution in [1.82, 2.24) is 0 Å². The van der Waals surface area contributed by atoms with Crippen molar-refractivity contribution in [2.45, 2.75) is 12.2 Å². The van der Waals surface area contributed by atoms with Gasteiger partial charge in [0.15, 0.2) is 0 Å². The molecule has 0 aromatic heterocycles. The summed E-state index contributed by atoms with van der Waals surface area (Å²) in [6.07, 6.45) is 2.61. The Morgan fingerprint density at radius 1 is 1.44 bits per heavy atom. The summed E-state index contributed by atoms with van der Waals surface area (Å²) in [6, 6.07) is 5.51. The largest absolute Gasteiger partial charge is 0.630 e. The van der Waals surface area contributed by atoms with E-state index in [9.17, 15) is 5.21 Å². The van der Waals surface area contributed by atoms with Crippen molar-refractivity contribution in [2.75, 3.05) is 19.5 Å². The van der Waals surface area contributed by atoms with Crippen LogP contribution in [-0.2, 0) is 5.75 Å². The molecular formula is C11H17NO3S. The van der Waals surface area contributed by atoms with Gasteiger partial charge in [-0.2, -0.15) is 11.8 Å². The predicted molar refractivity (Wildman–Crippen MR) is 65.8 cm³/mol. The number of aliphatic hydroxyl groups excluding tert-OH is 1. The van der Waals surface area contributed by atoms with Crippen molar-refractivity contribution in [1.29, 1.82) is 0 Å². The molecule has 0 saturated heterocycles. The molecule has 90 valence electrons. The Bertz CT molecular complexity index is 320. The summed E-state index contributed by atoms with van der Waals surface area (Å²) < 4.78 is 5.45. The molecule has 0 bridgehead atoms. The number of hydrogen-bond donors (Lipinski definition) is 2. The number of rotatable bonds is 7. The first-order valence-electron chi connectivity index (χ1n) is 5.12. The lowest BCUT2D eigenvalue weighted by Gasteiger charge is -2.10. The monoisotopic (exact) mass is 243 g/mol. The summed E-state index contributed by atoms with van der Waals surface area (Å²) in [5.74, 6) is 1.56. The Labute approximate surface area is 99.6 Å². The summed E-state index contributed by atoms with van der Waals surface area (Å²) in [6.45, 7) is 0.586. The van der Waals surface area contributed by atoms with Gasteiger partial charge in [-0.05, 0) is 17.9 Å². The molecule has 1 rings (SSSR count). The molecule has 0 saturated carbocycles. The SMILES string of the molecule is CSCc1cc([NH2+][O-])cc(OCCCO)c1. The van der Waals surface area contributed by atoms with Gasteiger partial charge >= 0.3 is 0 Å².